The topological polar surface area (TPSA) is 73.2 Å². The molecular weight excluding hydrogens is 430 g/mol. The van der Waals surface area contributed by atoms with Crippen LogP contribution in [-0.2, 0) is 22.5 Å². The Morgan fingerprint density at radius 1 is 1.29 bits per heavy atom. The Bertz CT molecular complexity index is 1110. The number of methoxy groups -OCH3 is 1. The summed E-state index contributed by atoms with van der Waals surface area (Å²) in [5, 5.41) is 3.70. The summed E-state index contributed by atoms with van der Waals surface area (Å²) in [4.78, 5) is 33.2. The largest absolute Gasteiger partial charge is 0.383 e. The molecule has 1 N–H and O–H groups in total. The Morgan fingerprint density at radius 2 is 2.00 bits per heavy atom. The maximum Gasteiger partial charge on any atom is 0.263 e. The molecule has 8 heteroatoms. The number of aromatic nitrogens is 2. The molecule has 0 fully saturated rings. The molecule has 2 heterocycles. The van der Waals surface area contributed by atoms with Crippen molar-refractivity contribution in [3.8, 4) is 0 Å². The third-order valence-electron chi connectivity index (χ3n) is 4.94. The monoisotopic (exact) mass is 459 g/mol. The highest BCUT2D eigenvalue weighted by atomic mass is 32.2. The van der Waals surface area contributed by atoms with Gasteiger partial charge >= 0.3 is 0 Å². The first-order valence-corrected chi connectivity index (χ1v) is 12.1. The van der Waals surface area contributed by atoms with Crippen LogP contribution in [0.5, 0.6) is 0 Å². The van der Waals surface area contributed by atoms with Crippen molar-refractivity contribution in [3.63, 3.8) is 0 Å². The van der Waals surface area contributed by atoms with E-state index in [9.17, 15) is 9.59 Å². The molecule has 3 rings (SSSR count). The van der Waals surface area contributed by atoms with Gasteiger partial charge in [-0.25, -0.2) is 4.98 Å². The molecule has 166 valence electrons. The van der Waals surface area contributed by atoms with Gasteiger partial charge < -0.3 is 10.1 Å². The average molecular weight is 460 g/mol. The number of hydrogen-bond acceptors (Lipinski definition) is 6. The summed E-state index contributed by atoms with van der Waals surface area (Å²) >= 11 is 2.85. The number of thiophene rings is 1. The molecule has 1 aromatic carbocycles. The molecule has 31 heavy (non-hydrogen) atoms. The van der Waals surface area contributed by atoms with Crippen molar-refractivity contribution in [2.24, 2.45) is 0 Å². The molecular formula is C23H29N3O3S2. The van der Waals surface area contributed by atoms with E-state index >= 15 is 0 Å². The second kappa shape index (κ2) is 10.4. The summed E-state index contributed by atoms with van der Waals surface area (Å²) in [5.41, 5.74) is 1.86. The average Bonchev–Trinajstić information content (AvgIpc) is 3.06. The van der Waals surface area contributed by atoms with Crippen molar-refractivity contribution < 1.29 is 9.53 Å². The minimum atomic E-state index is -0.520. The second-order valence-electron chi connectivity index (χ2n) is 7.59. The Labute approximate surface area is 191 Å². The molecule has 0 saturated carbocycles. The summed E-state index contributed by atoms with van der Waals surface area (Å²) in [6, 6.07) is 9.62. The van der Waals surface area contributed by atoms with Crippen LogP contribution in [-0.4, -0.2) is 35.2 Å². The number of ether oxygens (including phenoxy) is 1. The first kappa shape index (κ1) is 23.5. The lowest BCUT2D eigenvalue weighted by molar-refractivity contribution is -0.121. The molecule has 0 aliphatic rings. The van der Waals surface area contributed by atoms with Gasteiger partial charge in [0.15, 0.2) is 5.16 Å². The van der Waals surface area contributed by atoms with Crippen molar-refractivity contribution in [2.75, 3.05) is 13.7 Å². The number of amides is 1. The Hall–Kier alpha value is -2.16. The molecule has 0 radical (unpaired) electrons. The van der Waals surface area contributed by atoms with Crippen LogP contribution in [0.4, 0.5) is 0 Å². The van der Waals surface area contributed by atoms with Gasteiger partial charge in [0.05, 0.1) is 18.5 Å². The van der Waals surface area contributed by atoms with E-state index in [1.165, 1.54) is 23.1 Å². The quantitative estimate of drug-likeness (QED) is 0.381. The number of hydrogen-bond donors (Lipinski definition) is 1. The van der Waals surface area contributed by atoms with Gasteiger partial charge in [-0.15, -0.1) is 11.3 Å². The van der Waals surface area contributed by atoms with Crippen molar-refractivity contribution in [1.82, 2.24) is 14.9 Å². The van der Waals surface area contributed by atoms with Gasteiger partial charge in [0.1, 0.15) is 10.1 Å². The van der Waals surface area contributed by atoms with Crippen molar-refractivity contribution >= 4 is 39.2 Å². The summed E-state index contributed by atoms with van der Waals surface area (Å²) in [6.07, 6.45) is 0.781. The van der Waals surface area contributed by atoms with Gasteiger partial charge in [-0.05, 0) is 38.3 Å². The molecule has 2 aromatic heterocycles. The van der Waals surface area contributed by atoms with Gasteiger partial charge in [0, 0.05) is 18.0 Å². The van der Waals surface area contributed by atoms with Gasteiger partial charge in [0.25, 0.3) is 5.56 Å². The number of thioether (sulfide) groups is 1. The molecule has 0 aliphatic carbocycles. The zero-order chi connectivity index (χ0) is 22.5. The Balaban J connectivity index is 2.14. The predicted molar refractivity (Wildman–Crippen MR) is 128 cm³/mol. The molecule has 0 aliphatic heterocycles. The van der Waals surface area contributed by atoms with Crippen LogP contribution in [0, 0.1) is 6.92 Å². The summed E-state index contributed by atoms with van der Waals surface area (Å²) in [5.74, 6) is -0.101. The smallest absolute Gasteiger partial charge is 0.263 e. The lowest BCUT2D eigenvalue weighted by Crippen LogP contribution is -2.34. The van der Waals surface area contributed by atoms with E-state index in [-0.39, 0.29) is 17.5 Å². The van der Waals surface area contributed by atoms with E-state index in [1.807, 2.05) is 51.1 Å². The van der Waals surface area contributed by atoms with Crippen LogP contribution in [0.2, 0.25) is 0 Å². The van der Waals surface area contributed by atoms with Gasteiger partial charge in [-0.2, -0.15) is 0 Å². The number of nitrogens with one attached hydrogen (secondary N) is 1. The van der Waals surface area contributed by atoms with Gasteiger partial charge in [-0.3, -0.25) is 14.2 Å². The minimum absolute atomic E-state index is 0.0116. The van der Waals surface area contributed by atoms with Crippen LogP contribution >= 0.6 is 23.1 Å². The number of carbonyl (C=O) groups excluding carboxylic acids is 1. The van der Waals surface area contributed by atoms with Crippen molar-refractivity contribution in [1.29, 1.82) is 0 Å². The maximum atomic E-state index is 13.5. The predicted octanol–water partition coefficient (Wildman–Crippen LogP) is 4.33. The number of nitrogens with zero attached hydrogens (tertiary/aromatic N) is 2. The Morgan fingerprint density at radius 3 is 2.61 bits per heavy atom. The highest BCUT2D eigenvalue weighted by Crippen LogP contribution is 2.36. The fraction of sp³-hybridized carbons (Fsp3) is 0.435. The molecule has 1 amide bonds. The van der Waals surface area contributed by atoms with Gasteiger partial charge in [0.2, 0.25) is 5.91 Å². The first-order chi connectivity index (χ1) is 14.9. The Kier molecular flexibility index (Phi) is 7.91. The van der Waals surface area contributed by atoms with E-state index in [0.717, 1.165) is 27.3 Å². The standard InChI is InChI=1S/C23H29N3O3S2/c1-6-17-15(4)30-21-18(17)22(28)26(12-13-29-5)23(25-21)31-19(20(27)24-14(2)3)16-10-8-7-9-11-16/h7-11,14,19H,6,12-13H2,1-5H3,(H,24,27). The summed E-state index contributed by atoms with van der Waals surface area (Å²) < 4.78 is 6.90. The van der Waals surface area contributed by atoms with E-state index in [1.54, 1.807) is 11.7 Å². The van der Waals surface area contributed by atoms with E-state index in [0.29, 0.717) is 23.7 Å². The SMILES string of the molecule is CCc1c(C)sc2nc(SC(C(=O)NC(C)C)c3ccccc3)n(CCOC)c(=O)c12. The van der Waals surface area contributed by atoms with Crippen molar-refractivity contribution in [3.05, 3.63) is 56.7 Å². The number of carbonyl (C=O) groups is 1. The van der Waals surface area contributed by atoms with Crippen LogP contribution in [0.25, 0.3) is 10.2 Å². The van der Waals surface area contributed by atoms with E-state index in [2.05, 4.69) is 12.2 Å². The highest BCUT2D eigenvalue weighted by Gasteiger charge is 2.26. The van der Waals surface area contributed by atoms with Crippen LogP contribution < -0.4 is 10.9 Å². The molecule has 1 atom stereocenters. The van der Waals surface area contributed by atoms with Crippen LogP contribution in [0.3, 0.4) is 0 Å². The third-order valence-corrected chi connectivity index (χ3v) is 7.23. The van der Waals surface area contributed by atoms with Crippen molar-refractivity contribution in [2.45, 2.75) is 57.1 Å². The first-order valence-electron chi connectivity index (χ1n) is 10.4. The molecule has 6 nitrogen and oxygen atoms in total. The van der Waals surface area contributed by atoms with E-state index in [4.69, 9.17) is 9.72 Å². The zero-order valence-corrected chi connectivity index (χ0v) is 20.2. The molecule has 0 spiro atoms. The fourth-order valence-corrected chi connectivity index (χ4v) is 5.78. The second-order valence-corrected chi connectivity index (χ2v) is 9.86. The molecule has 1 unspecified atom stereocenters. The van der Waals surface area contributed by atoms with Crippen LogP contribution in [0.1, 0.15) is 42.0 Å². The minimum Gasteiger partial charge on any atom is -0.383 e. The summed E-state index contributed by atoms with van der Waals surface area (Å²) in [6.45, 7) is 8.72. The lowest BCUT2D eigenvalue weighted by Gasteiger charge is -2.20. The fourth-order valence-electron chi connectivity index (χ4n) is 3.49. The third kappa shape index (κ3) is 5.19. The molecule has 0 saturated heterocycles. The normalized spacial score (nSPS) is 12.5. The molecule has 0 bridgehead atoms. The summed E-state index contributed by atoms with van der Waals surface area (Å²) in [7, 11) is 1.61. The number of benzene rings is 1. The lowest BCUT2D eigenvalue weighted by atomic mass is 10.1. The van der Waals surface area contributed by atoms with Gasteiger partial charge in [-0.1, -0.05) is 49.0 Å². The van der Waals surface area contributed by atoms with E-state index < -0.39 is 5.25 Å². The number of fused-ring (bicyclic) bond motifs is 1. The molecule has 3 aromatic rings. The van der Waals surface area contributed by atoms with Crippen LogP contribution in [0.15, 0.2) is 40.3 Å². The number of rotatable bonds is 9. The maximum absolute atomic E-state index is 13.5. The zero-order valence-electron chi connectivity index (χ0n) is 18.6. The number of aryl methyl sites for hydroxylation is 2. The highest BCUT2D eigenvalue weighted by molar-refractivity contribution is 8.00.